The Morgan fingerprint density at radius 2 is 1.88 bits per heavy atom. The lowest BCUT2D eigenvalue weighted by Gasteiger charge is -2.13. The molecule has 0 unspecified atom stereocenters. The van der Waals surface area contributed by atoms with E-state index in [1.807, 2.05) is 0 Å². The van der Waals surface area contributed by atoms with Crippen LogP contribution in [-0.4, -0.2) is 52.9 Å². The first-order valence-corrected chi connectivity index (χ1v) is 9.00. The maximum Gasteiger partial charge on any atom is 0.257 e. The number of nitrogens with zero attached hydrogens (tertiary/aromatic N) is 5. The highest BCUT2D eigenvalue weighted by Gasteiger charge is 2.18. The number of carbonyl (C=O) groups is 1. The molecule has 0 radical (unpaired) electrons. The minimum atomic E-state index is -3.59. The van der Waals surface area contributed by atoms with Crippen LogP contribution in [0.5, 0.6) is 0 Å². The lowest BCUT2D eigenvalue weighted by atomic mass is 10.1. The summed E-state index contributed by atoms with van der Waals surface area (Å²) in [5, 5.41) is 13.6. The van der Waals surface area contributed by atoms with Crippen LogP contribution in [0.4, 0.5) is 5.69 Å². The van der Waals surface area contributed by atoms with Gasteiger partial charge in [-0.15, -0.1) is 5.10 Å². The molecule has 26 heavy (non-hydrogen) atoms. The molecule has 3 rings (SSSR count). The lowest BCUT2D eigenvalue weighted by molar-refractivity contribution is 0.102. The summed E-state index contributed by atoms with van der Waals surface area (Å²) in [6.07, 6.45) is 1.39. The molecule has 0 bridgehead atoms. The smallest absolute Gasteiger partial charge is 0.257 e. The summed E-state index contributed by atoms with van der Waals surface area (Å²) < 4.78 is 27.0. The third-order valence-electron chi connectivity index (χ3n) is 3.61. The maximum absolute atomic E-state index is 12.7. The summed E-state index contributed by atoms with van der Waals surface area (Å²) in [6.45, 7) is 0. The largest absolute Gasteiger partial charge is 0.322 e. The van der Waals surface area contributed by atoms with Crippen LogP contribution in [0.2, 0.25) is 0 Å². The summed E-state index contributed by atoms with van der Waals surface area (Å²) >= 11 is 0. The van der Waals surface area contributed by atoms with Gasteiger partial charge in [-0.05, 0) is 40.8 Å². The second kappa shape index (κ2) is 7.02. The van der Waals surface area contributed by atoms with Crippen LogP contribution in [0.15, 0.2) is 59.8 Å². The van der Waals surface area contributed by atoms with E-state index in [-0.39, 0.29) is 4.90 Å². The molecule has 0 saturated heterocycles. The average molecular weight is 372 g/mol. The Bertz CT molecular complexity index is 1030. The Morgan fingerprint density at radius 3 is 2.58 bits per heavy atom. The van der Waals surface area contributed by atoms with Crippen molar-refractivity contribution in [3.05, 3.63) is 60.4 Å². The Kier molecular flexibility index (Phi) is 4.78. The van der Waals surface area contributed by atoms with Crippen LogP contribution in [0.1, 0.15) is 10.4 Å². The first kappa shape index (κ1) is 17.7. The van der Waals surface area contributed by atoms with Crippen molar-refractivity contribution in [2.24, 2.45) is 0 Å². The molecule has 0 aliphatic rings. The van der Waals surface area contributed by atoms with Crippen molar-refractivity contribution in [1.29, 1.82) is 0 Å². The zero-order valence-corrected chi connectivity index (χ0v) is 14.9. The van der Waals surface area contributed by atoms with Gasteiger partial charge >= 0.3 is 0 Å². The minimum Gasteiger partial charge on any atom is -0.322 e. The molecular weight excluding hydrogens is 356 g/mol. The van der Waals surface area contributed by atoms with Crippen molar-refractivity contribution in [3.63, 3.8) is 0 Å². The molecule has 9 nitrogen and oxygen atoms in total. The number of benzene rings is 2. The summed E-state index contributed by atoms with van der Waals surface area (Å²) in [7, 11) is -0.697. The molecule has 1 aromatic heterocycles. The minimum absolute atomic E-state index is 0.0917. The van der Waals surface area contributed by atoms with Crippen molar-refractivity contribution >= 4 is 21.6 Å². The van der Waals surface area contributed by atoms with Gasteiger partial charge in [0.25, 0.3) is 5.91 Å². The molecule has 0 aliphatic heterocycles. The van der Waals surface area contributed by atoms with Gasteiger partial charge in [-0.2, -0.15) is 4.68 Å². The average Bonchev–Trinajstić information content (AvgIpc) is 3.16. The van der Waals surface area contributed by atoms with Crippen LogP contribution in [0.3, 0.4) is 0 Å². The van der Waals surface area contributed by atoms with Crippen molar-refractivity contribution < 1.29 is 13.2 Å². The van der Waals surface area contributed by atoms with Gasteiger partial charge < -0.3 is 5.32 Å². The van der Waals surface area contributed by atoms with Crippen LogP contribution < -0.4 is 5.32 Å². The highest BCUT2D eigenvalue weighted by atomic mass is 32.2. The van der Waals surface area contributed by atoms with Gasteiger partial charge in [0.2, 0.25) is 10.0 Å². The Hall–Kier alpha value is -3.11. The van der Waals surface area contributed by atoms with Crippen LogP contribution in [0, 0.1) is 0 Å². The molecule has 1 N–H and O–H groups in total. The number of amides is 1. The van der Waals surface area contributed by atoms with Gasteiger partial charge in [-0.1, -0.05) is 18.2 Å². The van der Waals surface area contributed by atoms with E-state index < -0.39 is 15.9 Å². The Labute approximate surface area is 150 Å². The van der Waals surface area contributed by atoms with Crippen LogP contribution >= 0.6 is 0 Å². The van der Waals surface area contributed by atoms with Crippen molar-refractivity contribution in [2.45, 2.75) is 4.90 Å². The van der Waals surface area contributed by atoms with Gasteiger partial charge in [0.05, 0.1) is 16.1 Å². The number of para-hydroxylation sites is 1. The van der Waals surface area contributed by atoms with E-state index in [9.17, 15) is 13.2 Å². The summed E-state index contributed by atoms with van der Waals surface area (Å²) in [4.78, 5) is 12.8. The first-order chi connectivity index (χ1) is 12.4. The molecular formula is C16H16N6O3S. The van der Waals surface area contributed by atoms with Crippen LogP contribution in [0.25, 0.3) is 5.69 Å². The predicted molar refractivity (Wildman–Crippen MR) is 94.4 cm³/mol. The number of carbonyl (C=O) groups excluding carboxylic acids is 1. The summed E-state index contributed by atoms with van der Waals surface area (Å²) in [6, 6.07) is 12.9. The van der Waals surface area contributed by atoms with E-state index >= 15 is 0 Å². The number of anilines is 1. The molecule has 2 aromatic carbocycles. The monoisotopic (exact) mass is 372 g/mol. The molecule has 0 atom stereocenters. The molecule has 1 heterocycles. The number of sulfonamides is 1. The topological polar surface area (TPSA) is 110 Å². The third-order valence-corrected chi connectivity index (χ3v) is 5.43. The van der Waals surface area contributed by atoms with Gasteiger partial charge in [0.15, 0.2) is 0 Å². The fourth-order valence-corrected chi connectivity index (χ4v) is 3.23. The highest BCUT2D eigenvalue weighted by Crippen LogP contribution is 2.20. The SMILES string of the molecule is CN(C)S(=O)(=O)c1cccc(NC(=O)c2ccccc2-n2cnnn2)c1. The zero-order valence-electron chi connectivity index (χ0n) is 14.1. The number of tetrazole rings is 1. The van der Waals surface area contributed by atoms with Crippen LogP contribution in [-0.2, 0) is 10.0 Å². The molecule has 1 amide bonds. The van der Waals surface area contributed by atoms with Gasteiger partial charge in [0, 0.05) is 19.8 Å². The Morgan fingerprint density at radius 1 is 1.12 bits per heavy atom. The van der Waals surface area contributed by atoms with E-state index in [0.29, 0.717) is 16.9 Å². The maximum atomic E-state index is 12.7. The molecule has 134 valence electrons. The molecule has 3 aromatic rings. The lowest BCUT2D eigenvalue weighted by Crippen LogP contribution is -2.22. The van der Waals surface area contributed by atoms with Gasteiger partial charge in [-0.3, -0.25) is 4.79 Å². The Balaban J connectivity index is 1.91. The fraction of sp³-hybridized carbons (Fsp3) is 0.125. The molecule has 0 fully saturated rings. The van der Waals surface area contributed by atoms with Gasteiger partial charge in [0.1, 0.15) is 6.33 Å². The molecule has 0 spiro atoms. The predicted octanol–water partition coefficient (Wildman–Crippen LogP) is 1.16. The quantitative estimate of drug-likeness (QED) is 0.720. The summed E-state index contributed by atoms with van der Waals surface area (Å²) in [5.74, 6) is -0.407. The van der Waals surface area contributed by atoms with E-state index in [1.165, 1.54) is 37.2 Å². The van der Waals surface area contributed by atoms with E-state index in [4.69, 9.17) is 0 Å². The second-order valence-corrected chi connectivity index (χ2v) is 7.69. The number of hydrogen-bond donors (Lipinski definition) is 1. The van der Waals surface area contributed by atoms with E-state index in [1.54, 1.807) is 36.4 Å². The zero-order chi connectivity index (χ0) is 18.7. The van der Waals surface area contributed by atoms with Crippen molar-refractivity contribution in [1.82, 2.24) is 24.5 Å². The first-order valence-electron chi connectivity index (χ1n) is 7.56. The van der Waals surface area contributed by atoms with E-state index in [2.05, 4.69) is 20.8 Å². The number of hydrogen-bond acceptors (Lipinski definition) is 6. The molecule has 10 heteroatoms. The van der Waals surface area contributed by atoms with Crippen molar-refractivity contribution in [2.75, 3.05) is 19.4 Å². The highest BCUT2D eigenvalue weighted by molar-refractivity contribution is 7.89. The normalized spacial score (nSPS) is 11.5. The third kappa shape index (κ3) is 3.46. The molecule has 0 aliphatic carbocycles. The van der Waals surface area contributed by atoms with Crippen molar-refractivity contribution in [3.8, 4) is 5.69 Å². The summed E-state index contributed by atoms with van der Waals surface area (Å²) in [5.41, 5.74) is 1.22. The van der Waals surface area contributed by atoms with Gasteiger partial charge in [-0.25, -0.2) is 12.7 Å². The molecule has 0 saturated carbocycles. The number of aromatic nitrogens is 4. The standard InChI is InChI=1S/C16H16N6O3S/c1-21(2)26(24,25)13-7-5-6-12(10-13)18-16(23)14-8-3-4-9-15(14)22-11-17-19-20-22/h3-11H,1-2H3,(H,18,23). The number of rotatable bonds is 5. The fourth-order valence-electron chi connectivity index (χ4n) is 2.28. The second-order valence-electron chi connectivity index (χ2n) is 5.54. The number of nitrogens with one attached hydrogen (secondary N) is 1. The van der Waals surface area contributed by atoms with E-state index in [0.717, 1.165) is 4.31 Å².